The fourth-order valence-corrected chi connectivity index (χ4v) is 8.84. The van der Waals surface area contributed by atoms with Crippen molar-refractivity contribution in [3.8, 4) is 0 Å². The Morgan fingerprint density at radius 3 is 2.11 bits per heavy atom. The van der Waals surface area contributed by atoms with Crippen LogP contribution >= 0.6 is 0 Å². The van der Waals surface area contributed by atoms with Crippen LogP contribution in [0.15, 0.2) is 29.2 Å². The molecule has 0 unspecified atom stereocenters. The predicted molar refractivity (Wildman–Crippen MR) is 138 cm³/mol. The average Bonchev–Trinajstić information content (AvgIpc) is 2.93. The number of nitrogens with two attached hydrogens (primary N) is 1. The van der Waals surface area contributed by atoms with Gasteiger partial charge in [0.05, 0.1) is 4.90 Å². The molecule has 198 valence electrons. The molecule has 1 aromatic carbocycles. The van der Waals surface area contributed by atoms with Gasteiger partial charge in [-0.2, -0.15) is 4.31 Å². The van der Waals surface area contributed by atoms with Gasteiger partial charge in [-0.15, -0.1) is 0 Å². The number of carbonyl (C=O) groups excluding carboxylic acids is 2. The number of nitrogens with zero attached hydrogens (tertiary/aromatic N) is 3. The average molecular weight is 517 g/mol. The molecule has 36 heavy (non-hydrogen) atoms. The number of carbonyl (C=O) groups is 2. The fraction of sp³-hybridized carbons (Fsp3) is 0.704. The summed E-state index contributed by atoms with van der Waals surface area (Å²) in [5.41, 5.74) is 5.69. The van der Waals surface area contributed by atoms with Gasteiger partial charge in [0.2, 0.25) is 15.9 Å². The highest BCUT2D eigenvalue weighted by atomic mass is 32.2. The van der Waals surface area contributed by atoms with Crippen molar-refractivity contribution in [2.75, 3.05) is 32.7 Å². The number of amides is 2. The monoisotopic (exact) mass is 516 g/mol. The molecule has 0 bridgehead atoms. The summed E-state index contributed by atoms with van der Waals surface area (Å²) < 4.78 is 28.7. The topological polar surface area (TPSA) is 104 Å². The lowest BCUT2D eigenvalue weighted by Gasteiger charge is -2.48. The van der Waals surface area contributed by atoms with Crippen molar-refractivity contribution in [1.82, 2.24) is 14.1 Å². The van der Waals surface area contributed by atoms with E-state index < -0.39 is 15.6 Å². The molecule has 0 radical (unpaired) electrons. The third kappa shape index (κ3) is 4.70. The molecule has 3 heterocycles. The predicted octanol–water partition coefficient (Wildman–Crippen LogP) is 2.98. The first-order chi connectivity index (χ1) is 17.3. The van der Waals surface area contributed by atoms with Gasteiger partial charge in [-0.05, 0) is 94.6 Å². The zero-order valence-corrected chi connectivity index (χ0v) is 22.1. The maximum atomic E-state index is 13.5. The Bertz CT molecular complexity index is 1060. The molecule has 2 amide bonds. The van der Waals surface area contributed by atoms with E-state index in [1.54, 1.807) is 33.5 Å². The molecule has 9 heteroatoms. The van der Waals surface area contributed by atoms with E-state index in [1.165, 1.54) is 12.8 Å². The second kappa shape index (κ2) is 10.4. The van der Waals surface area contributed by atoms with Crippen molar-refractivity contribution in [3.63, 3.8) is 0 Å². The van der Waals surface area contributed by atoms with Crippen LogP contribution in [0.4, 0.5) is 0 Å². The summed E-state index contributed by atoms with van der Waals surface area (Å²) in [4.78, 5) is 30.0. The van der Waals surface area contributed by atoms with Gasteiger partial charge >= 0.3 is 0 Å². The molecule has 8 nitrogen and oxygen atoms in total. The maximum absolute atomic E-state index is 13.5. The minimum absolute atomic E-state index is 0.109. The van der Waals surface area contributed by atoms with Gasteiger partial charge in [0, 0.05) is 31.2 Å². The van der Waals surface area contributed by atoms with E-state index in [-0.39, 0.29) is 22.8 Å². The first-order valence-corrected chi connectivity index (χ1v) is 15.2. The summed E-state index contributed by atoms with van der Waals surface area (Å²) in [5, 5.41) is 0. The summed E-state index contributed by atoms with van der Waals surface area (Å²) in [6.07, 6.45) is 10.8. The highest BCUT2D eigenvalue weighted by Crippen LogP contribution is 2.38. The number of primary amides is 1. The molecule has 1 aliphatic carbocycles. The maximum Gasteiger partial charge on any atom is 0.253 e. The highest BCUT2D eigenvalue weighted by Gasteiger charge is 2.46. The van der Waals surface area contributed by atoms with Crippen LogP contribution in [0.5, 0.6) is 0 Å². The first kappa shape index (κ1) is 25.7. The second-order valence-corrected chi connectivity index (χ2v) is 13.0. The van der Waals surface area contributed by atoms with Crippen LogP contribution in [0.25, 0.3) is 0 Å². The van der Waals surface area contributed by atoms with Crippen molar-refractivity contribution in [3.05, 3.63) is 29.8 Å². The number of benzene rings is 1. The number of piperidine rings is 3. The Hall–Kier alpha value is -1.97. The second-order valence-electron chi connectivity index (χ2n) is 11.1. The third-order valence-corrected chi connectivity index (χ3v) is 11.1. The van der Waals surface area contributed by atoms with Crippen LogP contribution in [-0.2, 0) is 14.8 Å². The van der Waals surface area contributed by atoms with E-state index in [1.807, 2.05) is 0 Å². The summed E-state index contributed by atoms with van der Waals surface area (Å²) in [6.45, 7) is 3.28. The Morgan fingerprint density at radius 1 is 0.806 bits per heavy atom. The molecule has 1 saturated carbocycles. The van der Waals surface area contributed by atoms with Crippen molar-refractivity contribution in [2.45, 2.75) is 87.1 Å². The highest BCUT2D eigenvalue weighted by molar-refractivity contribution is 7.89. The Kier molecular flexibility index (Phi) is 7.43. The molecule has 4 fully saturated rings. The normalized spacial score (nSPS) is 27.8. The van der Waals surface area contributed by atoms with Gasteiger partial charge in [0.15, 0.2) is 0 Å². The first-order valence-electron chi connectivity index (χ1n) is 13.8. The van der Waals surface area contributed by atoms with Crippen LogP contribution < -0.4 is 5.73 Å². The molecule has 0 aromatic heterocycles. The summed E-state index contributed by atoms with van der Waals surface area (Å²) in [6, 6.07) is 6.55. The number of sulfonamides is 1. The molecule has 2 atom stereocenters. The summed E-state index contributed by atoms with van der Waals surface area (Å²) in [7, 11) is -3.59. The van der Waals surface area contributed by atoms with Crippen LogP contribution in [0.2, 0.25) is 0 Å². The van der Waals surface area contributed by atoms with Gasteiger partial charge in [0.25, 0.3) is 5.91 Å². The molecular weight excluding hydrogens is 476 g/mol. The van der Waals surface area contributed by atoms with Gasteiger partial charge in [-0.3, -0.25) is 14.5 Å². The summed E-state index contributed by atoms with van der Waals surface area (Å²) >= 11 is 0. The molecule has 4 aliphatic rings. The Balaban J connectivity index is 1.26. The van der Waals surface area contributed by atoms with Crippen molar-refractivity contribution < 1.29 is 18.0 Å². The lowest BCUT2D eigenvalue weighted by molar-refractivity contribution is -0.134. The molecule has 2 N–H and O–H groups in total. The molecule has 3 aliphatic heterocycles. The number of hydrogen-bond donors (Lipinski definition) is 1. The van der Waals surface area contributed by atoms with E-state index >= 15 is 0 Å². The van der Waals surface area contributed by atoms with E-state index in [2.05, 4.69) is 4.90 Å². The standard InChI is InChI=1S/C27H40N4O4S/c28-26(33)27(30-16-4-1-5-17-30)14-19-29(20-15-27)25(32)22-10-12-23(13-11-22)36(34,35)31-18-6-8-21-7-2-3-9-24(21)31/h10-13,21,24H,1-9,14-20H2,(H2,28,33)/t21-,24-/m1/s1. The summed E-state index contributed by atoms with van der Waals surface area (Å²) in [5.74, 6) is 0.0599. The van der Waals surface area contributed by atoms with E-state index in [4.69, 9.17) is 5.73 Å². The Morgan fingerprint density at radius 2 is 1.44 bits per heavy atom. The van der Waals surface area contributed by atoms with Crippen molar-refractivity contribution in [1.29, 1.82) is 0 Å². The number of rotatable bonds is 5. The zero-order chi connectivity index (χ0) is 25.3. The molecule has 3 saturated heterocycles. The van der Waals surface area contributed by atoms with Crippen molar-refractivity contribution in [2.24, 2.45) is 11.7 Å². The minimum atomic E-state index is -3.59. The smallest absolute Gasteiger partial charge is 0.253 e. The van der Waals surface area contributed by atoms with Gasteiger partial charge in [0.1, 0.15) is 5.54 Å². The third-order valence-electron chi connectivity index (χ3n) is 9.20. The van der Waals surface area contributed by atoms with E-state index in [0.29, 0.717) is 44.0 Å². The molecule has 0 spiro atoms. The number of fused-ring (bicyclic) bond motifs is 1. The van der Waals surface area contributed by atoms with E-state index in [0.717, 1.165) is 58.0 Å². The lowest BCUT2D eigenvalue weighted by Crippen LogP contribution is -2.63. The molecule has 1 aromatic rings. The van der Waals surface area contributed by atoms with E-state index in [9.17, 15) is 18.0 Å². The van der Waals surface area contributed by atoms with Crippen LogP contribution in [0.1, 0.15) is 81.0 Å². The Labute approximate surface area is 215 Å². The quantitative estimate of drug-likeness (QED) is 0.648. The SMILES string of the molecule is NC(=O)C1(N2CCCCC2)CCN(C(=O)c2ccc(S(=O)(=O)N3CCC[C@H]4CCCC[C@H]43)cc2)CC1. The van der Waals surface area contributed by atoms with Gasteiger partial charge < -0.3 is 10.6 Å². The van der Waals surface area contributed by atoms with Crippen LogP contribution in [0, 0.1) is 5.92 Å². The minimum Gasteiger partial charge on any atom is -0.368 e. The largest absolute Gasteiger partial charge is 0.368 e. The van der Waals surface area contributed by atoms with Gasteiger partial charge in [-0.1, -0.05) is 19.3 Å². The van der Waals surface area contributed by atoms with Crippen molar-refractivity contribution >= 4 is 21.8 Å². The van der Waals surface area contributed by atoms with Gasteiger partial charge in [-0.25, -0.2) is 8.42 Å². The molecular formula is C27H40N4O4S. The van der Waals surface area contributed by atoms with Crippen LogP contribution in [-0.4, -0.2) is 78.6 Å². The lowest BCUT2D eigenvalue weighted by atomic mass is 9.79. The number of hydrogen-bond acceptors (Lipinski definition) is 5. The van der Waals surface area contributed by atoms with Crippen LogP contribution in [0.3, 0.4) is 0 Å². The number of likely N-dealkylation sites (tertiary alicyclic amines) is 2. The molecule has 5 rings (SSSR count). The zero-order valence-electron chi connectivity index (χ0n) is 21.2. The fourth-order valence-electron chi connectivity index (χ4n) is 7.09.